The van der Waals surface area contributed by atoms with E-state index in [1.54, 1.807) is 13.2 Å². The summed E-state index contributed by atoms with van der Waals surface area (Å²) in [6.45, 7) is 5.68. The number of anilines is 1. The van der Waals surface area contributed by atoms with Gasteiger partial charge in [0, 0.05) is 37.9 Å². The third-order valence-electron chi connectivity index (χ3n) is 5.16. The van der Waals surface area contributed by atoms with Crippen LogP contribution in [0.25, 0.3) is 0 Å². The van der Waals surface area contributed by atoms with Crippen LogP contribution in [0.2, 0.25) is 0 Å². The molecule has 146 valence electrons. The highest BCUT2D eigenvalue weighted by Gasteiger charge is 2.30. The van der Waals surface area contributed by atoms with Gasteiger partial charge in [-0.2, -0.15) is 13.2 Å². The van der Waals surface area contributed by atoms with Gasteiger partial charge in [0.05, 0.1) is 12.7 Å². The normalized spacial score (nSPS) is 17.0. The van der Waals surface area contributed by atoms with Crippen molar-refractivity contribution in [2.75, 3.05) is 38.2 Å². The van der Waals surface area contributed by atoms with Crippen LogP contribution in [0.3, 0.4) is 0 Å². The summed E-state index contributed by atoms with van der Waals surface area (Å²) in [5.41, 5.74) is 1.33. The molecule has 0 bridgehead atoms. The van der Waals surface area contributed by atoms with Crippen LogP contribution in [0.15, 0.2) is 48.5 Å². The first-order valence-electron chi connectivity index (χ1n) is 9.16. The zero-order chi connectivity index (χ0) is 19.4. The van der Waals surface area contributed by atoms with Crippen molar-refractivity contribution in [3.8, 4) is 5.75 Å². The molecule has 0 saturated carbocycles. The van der Waals surface area contributed by atoms with Gasteiger partial charge >= 0.3 is 6.18 Å². The minimum atomic E-state index is -4.29. The number of benzene rings is 2. The summed E-state index contributed by atoms with van der Waals surface area (Å²) in [5, 5.41) is 0. The van der Waals surface area contributed by atoms with E-state index in [4.69, 9.17) is 4.74 Å². The molecule has 3 rings (SSSR count). The molecule has 1 unspecified atom stereocenters. The van der Waals surface area contributed by atoms with E-state index < -0.39 is 11.7 Å². The van der Waals surface area contributed by atoms with Crippen molar-refractivity contribution in [2.24, 2.45) is 0 Å². The van der Waals surface area contributed by atoms with Crippen LogP contribution >= 0.6 is 0 Å². The molecule has 1 heterocycles. The Morgan fingerprint density at radius 3 is 2.26 bits per heavy atom. The maximum absolute atomic E-state index is 12.9. The molecule has 0 aliphatic carbocycles. The maximum Gasteiger partial charge on any atom is 0.416 e. The van der Waals surface area contributed by atoms with Crippen molar-refractivity contribution in [3.05, 3.63) is 59.7 Å². The molecule has 0 aromatic heterocycles. The van der Waals surface area contributed by atoms with E-state index in [0.717, 1.165) is 43.6 Å². The predicted octanol–water partition coefficient (Wildman–Crippen LogP) is 4.47. The van der Waals surface area contributed by atoms with Crippen LogP contribution < -0.4 is 9.64 Å². The number of methoxy groups -OCH3 is 1. The molecule has 0 spiro atoms. The van der Waals surface area contributed by atoms with Crippen molar-refractivity contribution < 1.29 is 17.9 Å². The Labute approximate surface area is 158 Å². The Hall–Kier alpha value is -2.21. The summed E-state index contributed by atoms with van der Waals surface area (Å²) >= 11 is 0. The lowest BCUT2D eigenvalue weighted by Crippen LogP contribution is -2.50. The number of rotatable bonds is 5. The van der Waals surface area contributed by atoms with Crippen LogP contribution in [0.4, 0.5) is 18.9 Å². The standard InChI is InChI=1S/C21H25F3N2O/c1-16(14-17-4-3-5-18(15-17)21(22,23)24)25-10-12-26(13-11-25)19-6-8-20(27-2)9-7-19/h3-9,15-16H,10-14H2,1-2H3. The zero-order valence-corrected chi connectivity index (χ0v) is 15.7. The van der Waals surface area contributed by atoms with Crippen LogP contribution in [0.1, 0.15) is 18.1 Å². The summed E-state index contributed by atoms with van der Waals surface area (Å²) in [6.07, 6.45) is -3.67. The molecule has 1 atom stereocenters. The van der Waals surface area contributed by atoms with Gasteiger partial charge in [0.1, 0.15) is 5.75 Å². The van der Waals surface area contributed by atoms with Crippen LogP contribution in [0.5, 0.6) is 5.75 Å². The van der Waals surface area contributed by atoms with Crippen molar-refractivity contribution in [2.45, 2.75) is 25.6 Å². The Morgan fingerprint density at radius 2 is 1.67 bits per heavy atom. The van der Waals surface area contributed by atoms with E-state index in [0.29, 0.717) is 6.42 Å². The monoisotopic (exact) mass is 378 g/mol. The van der Waals surface area contributed by atoms with Gasteiger partial charge in [-0.3, -0.25) is 4.90 Å². The number of hydrogen-bond donors (Lipinski definition) is 0. The second kappa shape index (κ2) is 8.21. The fourth-order valence-corrected chi connectivity index (χ4v) is 3.56. The molecule has 0 radical (unpaired) electrons. The molecular formula is C21H25F3N2O. The number of hydrogen-bond acceptors (Lipinski definition) is 3. The smallest absolute Gasteiger partial charge is 0.416 e. The third kappa shape index (κ3) is 4.95. The fourth-order valence-electron chi connectivity index (χ4n) is 3.56. The number of alkyl halides is 3. The van der Waals surface area contributed by atoms with Crippen LogP contribution in [-0.4, -0.2) is 44.2 Å². The summed E-state index contributed by atoms with van der Waals surface area (Å²) in [5.74, 6) is 0.840. The van der Waals surface area contributed by atoms with Gasteiger partial charge in [0.15, 0.2) is 0 Å². The fraction of sp³-hybridized carbons (Fsp3) is 0.429. The Bertz CT molecular complexity index is 738. The lowest BCUT2D eigenvalue weighted by molar-refractivity contribution is -0.137. The van der Waals surface area contributed by atoms with E-state index in [2.05, 4.69) is 28.9 Å². The van der Waals surface area contributed by atoms with Crippen LogP contribution in [0, 0.1) is 0 Å². The molecule has 1 saturated heterocycles. The third-order valence-corrected chi connectivity index (χ3v) is 5.16. The van der Waals surface area contributed by atoms with Crippen molar-refractivity contribution in [1.82, 2.24) is 4.90 Å². The number of piperazine rings is 1. The van der Waals surface area contributed by atoms with E-state index in [-0.39, 0.29) is 6.04 Å². The van der Waals surface area contributed by atoms with Gasteiger partial charge in [-0.25, -0.2) is 0 Å². The molecular weight excluding hydrogens is 353 g/mol. The molecule has 0 N–H and O–H groups in total. The highest BCUT2D eigenvalue weighted by molar-refractivity contribution is 5.49. The lowest BCUT2D eigenvalue weighted by Gasteiger charge is -2.39. The topological polar surface area (TPSA) is 15.7 Å². The van der Waals surface area contributed by atoms with Gasteiger partial charge in [0.2, 0.25) is 0 Å². The first kappa shape index (κ1) is 19.5. The minimum Gasteiger partial charge on any atom is -0.497 e. The van der Waals surface area contributed by atoms with E-state index in [9.17, 15) is 13.2 Å². The number of halogens is 3. The molecule has 1 aliphatic heterocycles. The van der Waals surface area contributed by atoms with Crippen molar-refractivity contribution >= 4 is 5.69 Å². The zero-order valence-electron chi connectivity index (χ0n) is 15.7. The highest BCUT2D eigenvalue weighted by atomic mass is 19.4. The second-order valence-corrected chi connectivity index (χ2v) is 6.97. The second-order valence-electron chi connectivity index (χ2n) is 6.97. The van der Waals surface area contributed by atoms with Crippen molar-refractivity contribution in [1.29, 1.82) is 0 Å². The van der Waals surface area contributed by atoms with Crippen LogP contribution in [-0.2, 0) is 12.6 Å². The van der Waals surface area contributed by atoms with E-state index in [1.807, 2.05) is 12.1 Å². The summed E-state index contributed by atoms with van der Waals surface area (Å²) < 4.78 is 43.9. The molecule has 6 heteroatoms. The maximum atomic E-state index is 12.9. The molecule has 2 aromatic carbocycles. The van der Waals surface area contributed by atoms with Gasteiger partial charge in [-0.15, -0.1) is 0 Å². The van der Waals surface area contributed by atoms with Gasteiger partial charge in [0.25, 0.3) is 0 Å². The Morgan fingerprint density at radius 1 is 1.00 bits per heavy atom. The molecule has 0 amide bonds. The lowest BCUT2D eigenvalue weighted by atomic mass is 10.0. The summed E-state index contributed by atoms with van der Waals surface area (Å²) in [6, 6.07) is 13.9. The molecule has 1 fully saturated rings. The quantitative estimate of drug-likeness (QED) is 0.764. The van der Waals surface area contributed by atoms with Gasteiger partial charge in [-0.05, 0) is 49.2 Å². The van der Waals surface area contributed by atoms with Gasteiger partial charge < -0.3 is 9.64 Å². The number of nitrogens with zero attached hydrogens (tertiary/aromatic N) is 2. The largest absolute Gasteiger partial charge is 0.497 e. The molecule has 27 heavy (non-hydrogen) atoms. The predicted molar refractivity (Wildman–Crippen MR) is 101 cm³/mol. The Kier molecular flexibility index (Phi) is 5.95. The highest BCUT2D eigenvalue weighted by Crippen LogP contribution is 2.30. The number of ether oxygens (including phenoxy) is 1. The average Bonchev–Trinajstić information content (AvgIpc) is 2.68. The molecule has 1 aliphatic rings. The summed E-state index contributed by atoms with van der Waals surface area (Å²) in [7, 11) is 1.65. The molecule has 2 aromatic rings. The SMILES string of the molecule is COc1ccc(N2CCN(C(C)Cc3cccc(C(F)(F)F)c3)CC2)cc1. The minimum absolute atomic E-state index is 0.200. The van der Waals surface area contributed by atoms with Crippen molar-refractivity contribution in [3.63, 3.8) is 0 Å². The molecule has 3 nitrogen and oxygen atoms in total. The average molecular weight is 378 g/mol. The summed E-state index contributed by atoms with van der Waals surface area (Å²) in [4.78, 5) is 4.67. The Balaban J connectivity index is 1.56. The van der Waals surface area contributed by atoms with Gasteiger partial charge in [-0.1, -0.05) is 18.2 Å². The van der Waals surface area contributed by atoms with E-state index in [1.165, 1.54) is 17.8 Å². The first-order valence-corrected chi connectivity index (χ1v) is 9.16. The van der Waals surface area contributed by atoms with E-state index >= 15 is 0 Å². The first-order chi connectivity index (χ1) is 12.9.